The van der Waals surface area contributed by atoms with E-state index in [0.29, 0.717) is 43.8 Å². The molecular formula is C24H25N5O3S2. The number of amides is 1. The van der Waals surface area contributed by atoms with Crippen LogP contribution in [0.15, 0.2) is 40.3 Å². The van der Waals surface area contributed by atoms with Crippen molar-refractivity contribution in [3.8, 4) is 0 Å². The van der Waals surface area contributed by atoms with Crippen molar-refractivity contribution in [2.24, 2.45) is 0 Å². The fourth-order valence-corrected chi connectivity index (χ4v) is 7.08. The number of ether oxygens (including phenoxy) is 1. The number of carbonyl (C=O) groups is 1. The Labute approximate surface area is 204 Å². The summed E-state index contributed by atoms with van der Waals surface area (Å²) >= 11 is 3.07. The number of carbonyl (C=O) groups excluding carboxylic acids is 1. The molecule has 176 valence electrons. The number of morpholine rings is 1. The highest BCUT2D eigenvalue weighted by Crippen LogP contribution is 2.36. The maximum atomic E-state index is 13.8. The molecule has 0 N–H and O–H groups in total. The van der Waals surface area contributed by atoms with Crippen molar-refractivity contribution in [1.29, 1.82) is 0 Å². The van der Waals surface area contributed by atoms with E-state index in [-0.39, 0.29) is 17.2 Å². The summed E-state index contributed by atoms with van der Waals surface area (Å²) in [6, 6.07) is 9.96. The minimum atomic E-state index is -0.000837. The van der Waals surface area contributed by atoms with Crippen LogP contribution in [0.1, 0.15) is 28.8 Å². The van der Waals surface area contributed by atoms with Crippen molar-refractivity contribution >= 4 is 45.0 Å². The summed E-state index contributed by atoms with van der Waals surface area (Å²) in [5.74, 6) is 0.885. The Morgan fingerprint density at radius 3 is 2.71 bits per heavy atom. The molecule has 3 aromatic heterocycles. The molecule has 1 aromatic carbocycles. The van der Waals surface area contributed by atoms with Gasteiger partial charge in [0.1, 0.15) is 4.83 Å². The van der Waals surface area contributed by atoms with Gasteiger partial charge >= 0.3 is 0 Å². The highest BCUT2D eigenvalue weighted by molar-refractivity contribution is 7.99. The first-order valence-electron chi connectivity index (χ1n) is 11.6. The molecule has 0 atom stereocenters. The number of benzene rings is 1. The Morgan fingerprint density at radius 1 is 1.09 bits per heavy atom. The largest absolute Gasteiger partial charge is 0.378 e. The van der Waals surface area contributed by atoms with Crippen LogP contribution in [0, 0.1) is 0 Å². The Hall–Kier alpha value is -2.69. The van der Waals surface area contributed by atoms with Crippen LogP contribution in [0.3, 0.4) is 0 Å². The third-order valence-corrected chi connectivity index (χ3v) is 8.74. The first-order chi connectivity index (χ1) is 16.7. The van der Waals surface area contributed by atoms with Gasteiger partial charge in [-0.2, -0.15) is 0 Å². The molecule has 1 saturated heterocycles. The van der Waals surface area contributed by atoms with Crippen molar-refractivity contribution in [2.45, 2.75) is 37.4 Å². The van der Waals surface area contributed by atoms with E-state index in [2.05, 4.69) is 10.2 Å². The number of hydrogen-bond donors (Lipinski definition) is 0. The molecule has 1 aliphatic heterocycles. The first kappa shape index (κ1) is 21.8. The quantitative estimate of drug-likeness (QED) is 0.396. The maximum Gasteiger partial charge on any atom is 0.264 e. The van der Waals surface area contributed by atoms with Crippen molar-refractivity contribution in [2.75, 3.05) is 32.1 Å². The molecule has 0 saturated carbocycles. The summed E-state index contributed by atoms with van der Waals surface area (Å²) < 4.78 is 9.10. The molecule has 0 radical (unpaired) electrons. The van der Waals surface area contributed by atoms with Gasteiger partial charge in [0.25, 0.3) is 5.56 Å². The van der Waals surface area contributed by atoms with E-state index in [0.717, 1.165) is 41.5 Å². The molecule has 8 nitrogen and oxygen atoms in total. The number of thiophene rings is 1. The van der Waals surface area contributed by atoms with E-state index >= 15 is 0 Å². The highest BCUT2D eigenvalue weighted by Gasteiger charge is 2.26. The summed E-state index contributed by atoms with van der Waals surface area (Å²) in [7, 11) is 0. The topological polar surface area (TPSA) is 81.7 Å². The fraction of sp³-hybridized carbons (Fsp3) is 0.417. The molecule has 1 fully saturated rings. The normalized spacial score (nSPS) is 16.3. The number of aromatic nitrogens is 4. The third-order valence-electron chi connectivity index (χ3n) is 6.54. The molecule has 6 rings (SSSR count). The zero-order valence-electron chi connectivity index (χ0n) is 18.7. The molecule has 1 amide bonds. The van der Waals surface area contributed by atoms with Crippen LogP contribution in [0.25, 0.3) is 16.0 Å². The predicted molar refractivity (Wildman–Crippen MR) is 133 cm³/mol. The van der Waals surface area contributed by atoms with E-state index in [1.165, 1.54) is 22.2 Å². The van der Waals surface area contributed by atoms with Crippen LogP contribution in [0.2, 0.25) is 0 Å². The van der Waals surface area contributed by atoms with E-state index in [4.69, 9.17) is 4.74 Å². The SMILES string of the molecule is O=C(CSc1nnc2n(Cc3ccccc3)c(=O)c3c4c(sc3n12)CCCC4)N1CCOCC1. The lowest BCUT2D eigenvalue weighted by Gasteiger charge is -2.26. The number of rotatable bonds is 5. The molecule has 34 heavy (non-hydrogen) atoms. The summed E-state index contributed by atoms with van der Waals surface area (Å²) in [5.41, 5.74) is 2.22. The van der Waals surface area contributed by atoms with Gasteiger partial charge in [-0.05, 0) is 36.8 Å². The zero-order chi connectivity index (χ0) is 23.1. The summed E-state index contributed by atoms with van der Waals surface area (Å²) in [6.45, 7) is 2.84. The number of fused-ring (bicyclic) bond motifs is 5. The second-order valence-corrected chi connectivity index (χ2v) is 10.7. The lowest BCUT2D eigenvalue weighted by molar-refractivity contribution is -0.132. The Balaban J connectivity index is 1.45. The molecule has 2 aliphatic rings. The van der Waals surface area contributed by atoms with E-state index in [9.17, 15) is 9.59 Å². The van der Waals surface area contributed by atoms with Gasteiger partial charge in [-0.3, -0.25) is 14.2 Å². The fourth-order valence-electron chi connectivity index (χ4n) is 4.80. The van der Waals surface area contributed by atoms with Gasteiger partial charge in [0, 0.05) is 18.0 Å². The number of aryl methyl sites for hydroxylation is 2. The molecule has 0 spiro atoms. The Morgan fingerprint density at radius 2 is 1.88 bits per heavy atom. The molecule has 4 aromatic rings. The van der Waals surface area contributed by atoms with Gasteiger partial charge in [0.2, 0.25) is 11.7 Å². The number of thioether (sulfide) groups is 1. The van der Waals surface area contributed by atoms with E-state index < -0.39 is 0 Å². The second-order valence-electron chi connectivity index (χ2n) is 8.67. The van der Waals surface area contributed by atoms with Crippen LogP contribution in [-0.4, -0.2) is 62.0 Å². The lowest BCUT2D eigenvalue weighted by atomic mass is 9.97. The number of nitrogens with zero attached hydrogens (tertiary/aromatic N) is 5. The monoisotopic (exact) mass is 495 g/mol. The van der Waals surface area contributed by atoms with Crippen molar-refractivity contribution in [1.82, 2.24) is 24.1 Å². The number of hydrogen-bond acceptors (Lipinski definition) is 7. The van der Waals surface area contributed by atoms with Crippen LogP contribution in [-0.2, 0) is 28.9 Å². The van der Waals surface area contributed by atoms with Crippen LogP contribution < -0.4 is 5.56 Å². The van der Waals surface area contributed by atoms with Crippen molar-refractivity contribution < 1.29 is 9.53 Å². The van der Waals surface area contributed by atoms with Gasteiger partial charge in [-0.1, -0.05) is 42.1 Å². The van der Waals surface area contributed by atoms with Crippen molar-refractivity contribution in [3.05, 3.63) is 56.7 Å². The molecule has 0 bridgehead atoms. The minimum Gasteiger partial charge on any atom is -0.378 e. The van der Waals surface area contributed by atoms with Crippen LogP contribution >= 0.6 is 23.1 Å². The smallest absolute Gasteiger partial charge is 0.264 e. The first-order valence-corrected chi connectivity index (χ1v) is 13.5. The maximum absolute atomic E-state index is 13.8. The Kier molecular flexibility index (Phi) is 5.88. The average Bonchev–Trinajstić information content (AvgIpc) is 3.48. The summed E-state index contributed by atoms with van der Waals surface area (Å²) in [5, 5.41) is 10.3. The van der Waals surface area contributed by atoms with Gasteiger partial charge in [-0.25, -0.2) is 4.40 Å². The lowest BCUT2D eigenvalue weighted by Crippen LogP contribution is -2.41. The van der Waals surface area contributed by atoms with Crippen LogP contribution in [0.4, 0.5) is 0 Å². The van der Waals surface area contributed by atoms with Gasteiger partial charge in [0.15, 0.2) is 5.16 Å². The molecule has 4 heterocycles. The van der Waals surface area contributed by atoms with Gasteiger partial charge in [0.05, 0.1) is 30.9 Å². The molecule has 0 unspecified atom stereocenters. The minimum absolute atomic E-state index is 0.000837. The molecule has 1 aliphatic carbocycles. The second kappa shape index (κ2) is 9.16. The standard InChI is InChI=1S/C24H25N5O3S2/c30-19(27-10-12-32-13-11-27)15-33-24-26-25-23-28(14-16-6-2-1-3-7-16)21(31)20-17-8-4-5-9-18(17)34-22(20)29(23)24/h1-3,6-7H,4-5,8-15H2. The summed E-state index contributed by atoms with van der Waals surface area (Å²) in [6.07, 6.45) is 4.20. The predicted octanol–water partition coefficient (Wildman–Crippen LogP) is 2.98. The average molecular weight is 496 g/mol. The Bertz CT molecular complexity index is 1420. The highest BCUT2D eigenvalue weighted by atomic mass is 32.2. The van der Waals surface area contributed by atoms with Gasteiger partial charge < -0.3 is 9.64 Å². The summed E-state index contributed by atoms with van der Waals surface area (Å²) in [4.78, 5) is 30.6. The molecular weight excluding hydrogens is 470 g/mol. The zero-order valence-corrected chi connectivity index (χ0v) is 20.4. The van der Waals surface area contributed by atoms with Crippen molar-refractivity contribution in [3.63, 3.8) is 0 Å². The van der Waals surface area contributed by atoms with E-state index in [1.54, 1.807) is 15.9 Å². The van der Waals surface area contributed by atoms with Crippen LogP contribution in [0.5, 0.6) is 0 Å². The molecule has 10 heteroatoms. The van der Waals surface area contributed by atoms with E-state index in [1.807, 2.05) is 39.6 Å². The van der Waals surface area contributed by atoms with Gasteiger partial charge in [-0.15, -0.1) is 21.5 Å². The third kappa shape index (κ3) is 3.83.